The SMILES string of the molecule is Cc1cc(C(=O)N2C(C(=O)O)CC3CCCCC32)ccc1NC(=O)CC(C)C. The molecular weight excluding hydrogens is 356 g/mol. The molecule has 3 unspecified atom stereocenters. The van der Waals surface area contributed by atoms with Crippen LogP contribution in [0, 0.1) is 18.8 Å². The molecule has 1 heterocycles. The summed E-state index contributed by atoms with van der Waals surface area (Å²) in [5.74, 6) is -0.628. The van der Waals surface area contributed by atoms with Crippen LogP contribution in [0.5, 0.6) is 0 Å². The predicted octanol–water partition coefficient (Wildman–Crippen LogP) is 3.84. The van der Waals surface area contributed by atoms with Crippen molar-refractivity contribution >= 4 is 23.5 Å². The third-order valence-electron chi connectivity index (χ3n) is 5.95. The number of amides is 2. The fourth-order valence-corrected chi connectivity index (χ4v) is 4.63. The molecule has 2 N–H and O–H groups in total. The first kappa shape index (κ1) is 20.4. The van der Waals surface area contributed by atoms with E-state index in [1.807, 2.05) is 20.8 Å². The van der Waals surface area contributed by atoms with Gasteiger partial charge in [0.25, 0.3) is 5.91 Å². The minimum Gasteiger partial charge on any atom is -0.480 e. The highest BCUT2D eigenvalue weighted by atomic mass is 16.4. The number of benzene rings is 1. The monoisotopic (exact) mass is 386 g/mol. The van der Waals surface area contributed by atoms with Crippen molar-refractivity contribution in [3.63, 3.8) is 0 Å². The first-order valence-electron chi connectivity index (χ1n) is 10.2. The number of carbonyl (C=O) groups is 3. The quantitative estimate of drug-likeness (QED) is 0.805. The van der Waals surface area contributed by atoms with Gasteiger partial charge in [0.15, 0.2) is 0 Å². The van der Waals surface area contributed by atoms with Crippen LogP contribution in [0.15, 0.2) is 18.2 Å². The van der Waals surface area contributed by atoms with Gasteiger partial charge in [-0.15, -0.1) is 0 Å². The van der Waals surface area contributed by atoms with Crippen molar-refractivity contribution in [1.29, 1.82) is 0 Å². The van der Waals surface area contributed by atoms with Crippen molar-refractivity contribution in [1.82, 2.24) is 4.90 Å². The molecule has 1 aliphatic heterocycles. The minimum absolute atomic E-state index is 0.0214. The van der Waals surface area contributed by atoms with Crippen LogP contribution in [0.3, 0.4) is 0 Å². The molecule has 0 bridgehead atoms. The molecule has 0 aromatic heterocycles. The highest BCUT2D eigenvalue weighted by Gasteiger charge is 2.47. The number of rotatable bonds is 5. The number of carboxylic acid groups (broad SMARTS) is 1. The van der Waals surface area contributed by atoms with Gasteiger partial charge in [-0.3, -0.25) is 9.59 Å². The van der Waals surface area contributed by atoms with Crippen LogP contribution in [0.25, 0.3) is 0 Å². The lowest BCUT2D eigenvalue weighted by Crippen LogP contribution is -2.46. The molecule has 1 saturated carbocycles. The average molecular weight is 386 g/mol. The van der Waals surface area contributed by atoms with E-state index < -0.39 is 12.0 Å². The number of nitrogens with one attached hydrogen (secondary N) is 1. The van der Waals surface area contributed by atoms with Crippen LogP contribution in [0.2, 0.25) is 0 Å². The van der Waals surface area contributed by atoms with Gasteiger partial charge in [0.1, 0.15) is 6.04 Å². The summed E-state index contributed by atoms with van der Waals surface area (Å²) in [6.45, 7) is 5.83. The molecule has 1 aromatic rings. The van der Waals surface area contributed by atoms with Crippen LogP contribution in [0.1, 0.15) is 68.3 Å². The first-order chi connectivity index (χ1) is 13.3. The molecule has 1 aliphatic carbocycles. The summed E-state index contributed by atoms with van der Waals surface area (Å²) >= 11 is 0. The van der Waals surface area contributed by atoms with Crippen LogP contribution in [0.4, 0.5) is 5.69 Å². The van der Waals surface area contributed by atoms with Gasteiger partial charge in [-0.2, -0.15) is 0 Å². The summed E-state index contributed by atoms with van der Waals surface area (Å²) in [5, 5.41) is 12.5. The fourth-order valence-electron chi connectivity index (χ4n) is 4.63. The number of carboxylic acids is 1. The minimum atomic E-state index is -0.919. The maximum absolute atomic E-state index is 13.2. The van der Waals surface area contributed by atoms with Gasteiger partial charge in [0.2, 0.25) is 5.91 Å². The van der Waals surface area contributed by atoms with Crippen molar-refractivity contribution in [2.45, 2.75) is 71.4 Å². The second-order valence-electron chi connectivity index (χ2n) is 8.59. The fraction of sp³-hybridized carbons (Fsp3) is 0.591. The Kier molecular flexibility index (Phi) is 6.06. The second kappa shape index (κ2) is 8.33. The Balaban J connectivity index is 1.80. The number of hydrogen-bond acceptors (Lipinski definition) is 3. The van der Waals surface area contributed by atoms with Gasteiger partial charge in [0.05, 0.1) is 0 Å². The Bertz CT molecular complexity index is 774. The van der Waals surface area contributed by atoms with Crippen molar-refractivity contribution in [2.75, 3.05) is 5.32 Å². The molecule has 152 valence electrons. The molecule has 1 aromatic carbocycles. The lowest BCUT2D eigenvalue weighted by molar-refractivity contribution is -0.141. The van der Waals surface area contributed by atoms with E-state index in [9.17, 15) is 19.5 Å². The Morgan fingerprint density at radius 2 is 1.93 bits per heavy atom. The molecule has 28 heavy (non-hydrogen) atoms. The third kappa shape index (κ3) is 4.21. The Hall–Kier alpha value is -2.37. The lowest BCUT2D eigenvalue weighted by Gasteiger charge is -2.33. The van der Waals surface area contributed by atoms with E-state index in [1.54, 1.807) is 23.1 Å². The number of aryl methyl sites for hydroxylation is 1. The zero-order chi connectivity index (χ0) is 20.4. The molecule has 2 fully saturated rings. The molecule has 2 aliphatic rings. The standard InChI is InChI=1S/C22H30N2O4/c1-13(2)10-20(25)23-17-9-8-16(11-14(17)3)21(26)24-18-7-5-4-6-15(18)12-19(24)22(27)28/h8-9,11,13,15,18-19H,4-7,10,12H2,1-3H3,(H,23,25)(H,27,28). The van der Waals surface area contributed by atoms with Crippen LogP contribution in [-0.2, 0) is 9.59 Å². The molecule has 3 rings (SSSR count). The van der Waals surface area contributed by atoms with E-state index in [0.717, 1.165) is 31.2 Å². The van der Waals surface area contributed by atoms with E-state index >= 15 is 0 Å². The maximum atomic E-state index is 13.2. The lowest BCUT2D eigenvalue weighted by atomic mass is 9.84. The van der Waals surface area contributed by atoms with E-state index in [1.165, 1.54) is 0 Å². The molecular formula is C22H30N2O4. The Labute approximate surface area is 166 Å². The largest absolute Gasteiger partial charge is 0.480 e. The number of aliphatic carboxylic acids is 1. The highest BCUT2D eigenvalue weighted by Crippen LogP contribution is 2.40. The van der Waals surface area contributed by atoms with Gasteiger partial charge in [-0.05, 0) is 61.8 Å². The van der Waals surface area contributed by atoms with Gasteiger partial charge < -0.3 is 15.3 Å². The molecule has 3 atom stereocenters. The molecule has 0 spiro atoms. The molecule has 1 saturated heterocycles. The van der Waals surface area contributed by atoms with E-state index in [2.05, 4.69) is 5.32 Å². The van der Waals surface area contributed by atoms with Crippen LogP contribution >= 0.6 is 0 Å². The first-order valence-corrected chi connectivity index (χ1v) is 10.2. The summed E-state index contributed by atoms with van der Waals surface area (Å²) in [4.78, 5) is 38.6. The zero-order valence-electron chi connectivity index (χ0n) is 16.9. The number of fused-ring (bicyclic) bond motifs is 1. The van der Waals surface area contributed by atoms with Crippen LogP contribution < -0.4 is 5.32 Å². The number of anilines is 1. The summed E-state index contributed by atoms with van der Waals surface area (Å²) in [5.41, 5.74) is 1.97. The number of nitrogens with zero attached hydrogens (tertiary/aromatic N) is 1. The van der Waals surface area contributed by atoms with E-state index in [4.69, 9.17) is 0 Å². The van der Waals surface area contributed by atoms with Crippen molar-refractivity contribution < 1.29 is 19.5 Å². The Morgan fingerprint density at radius 3 is 2.57 bits per heavy atom. The summed E-state index contributed by atoms with van der Waals surface area (Å²) in [6, 6.07) is 4.46. The third-order valence-corrected chi connectivity index (χ3v) is 5.95. The number of carbonyl (C=O) groups excluding carboxylic acids is 2. The molecule has 6 nitrogen and oxygen atoms in total. The van der Waals surface area contributed by atoms with Crippen molar-refractivity contribution in [3.05, 3.63) is 29.3 Å². The predicted molar refractivity (Wildman–Crippen MR) is 107 cm³/mol. The summed E-state index contributed by atoms with van der Waals surface area (Å²) < 4.78 is 0. The number of hydrogen-bond donors (Lipinski definition) is 2. The van der Waals surface area contributed by atoms with Gasteiger partial charge in [0, 0.05) is 23.7 Å². The number of likely N-dealkylation sites (tertiary alicyclic amines) is 1. The highest BCUT2D eigenvalue weighted by molar-refractivity contribution is 5.99. The summed E-state index contributed by atoms with van der Waals surface area (Å²) in [7, 11) is 0. The topological polar surface area (TPSA) is 86.7 Å². The van der Waals surface area contributed by atoms with Gasteiger partial charge in [-0.1, -0.05) is 26.7 Å². The smallest absolute Gasteiger partial charge is 0.326 e. The van der Waals surface area contributed by atoms with Crippen molar-refractivity contribution in [3.8, 4) is 0 Å². The maximum Gasteiger partial charge on any atom is 0.326 e. The van der Waals surface area contributed by atoms with Crippen molar-refractivity contribution in [2.24, 2.45) is 11.8 Å². The zero-order valence-corrected chi connectivity index (χ0v) is 16.9. The van der Waals surface area contributed by atoms with E-state index in [-0.39, 0.29) is 29.7 Å². The normalized spacial score (nSPS) is 24.1. The molecule has 2 amide bonds. The molecule has 0 radical (unpaired) electrons. The summed E-state index contributed by atoms with van der Waals surface area (Å²) in [6.07, 6.45) is 5.02. The Morgan fingerprint density at radius 1 is 1.21 bits per heavy atom. The van der Waals surface area contributed by atoms with Crippen LogP contribution in [-0.4, -0.2) is 39.9 Å². The van der Waals surface area contributed by atoms with Gasteiger partial charge in [-0.25, -0.2) is 4.79 Å². The second-order valence-corrected chi connectivity index (χ2v) is 8.59. The average Bonchev–Trinajstić information content (AvgIpc) is 3.02. The van der Waals surface area contributed by atoms with Gasteiger partial charge >= 0.3 is 5.97 Å². The molecule has 6 heteroatoms. The van der Waals surface area contributed by atoms with E-state index in [0.29, 0.717) is 24.1 Å².